The molecule has 4 heteroatoms. The molecule has 0 unspecified atom stereocenters. The van der Waals surface area contributed by atoms with Crippen LogP contribution in [0.25, 0.3) is 11.3 Å². The summed E-state index contributed by atoms with van der Waals surface area (Å²) in [5.74, 6) is -1.11. The summed E-state index contributed by atoms with van der Waals surface area (Å²) in [6, 6.07) is 5.68. The molecule has 2 rings (SSSR count). The van der Waals surface area contributed by atoms with E-state index in [4.69, 9.17) is 5.73 Å². The van der Waals surface area contributed by atoms with Crippen LogP contribution < -0.4 is 5.73 Å². The maximum atomic E-state index is 13.6. The van der Waals surface area contributed by atoms with Gasteiger partial charge in [0.05, 0.1) is 11.9 Å². The lowest BCUT2D eigenvalue weighted by Gasteiger charge is -2.05. The molecule has 0 aliphatic carbocycles. The normalized spacial score (nSPS) is 10.4. The van der Waals surface area contributed by atoms with Gasteiger partial charge in [0.1, 0.15) is 11.5 Å². The molecule has 0 fully saturated rings. The largest absolute Gasteiger partial charge is 0.397 e. The van der Waals surface area contributed by atoms with Crippen molar-refractivity contribution in [2.45, 2.75) is 6.92 Å². The number of nitrogen functional groups attached to an aromatic ring is 1. The molecule has 1 aromatic carbocycles. The third-order valence-electron chi connectivity index (χ3n) is 2.24. The first-order chi connectivity index (χ1) is 7.58. The number of aryl methyl sites for hydroxylation is 1. The Labute approximate surface area is 91.7 Å². The van der Waals surface area contributed by atoms with Crippen LogP contribution >= 0.6 is 0 Å². The molecule has 0 saturated heterocycles. The summed E-state index contributed by atoms with van der Waals surface area (Å²) in [4.78, 5) is 3.80. The van der Waals surface area contributed by atoms with Gasteiger partial charge in [-0.2, -0.15) is 0 Å². The average molecular weight is 220 g/mol. The molecule has 0 aliphatic heterocycles. The Balaban J connectivity index is 2.59. The molecule has 0 saturated carbocycles. The maximum Gasteiger partial charge on any atom is 0.151 e. The van der Waals surface area contributed by atoms with E-state index in [1.54, 1.807) is 13.0 Å². The monoisotopic (exact) mass is 220 g/mol. The summed E-state index contributed by atoms with van der Waals surface area (Å²) in [5, 5.41) is 0. The summed E-state index contributed by atoms with van der Waals surface area (Å²) in [7, 11) is 0. The molecule has 16 heavy (non-hydrogen) atoms. The van der Waals surface area contributed by atoms with Crippen molar-refractivity contribution in [2.24, 2.45) is 0 Å². The lowest BCUT2D eigenvalue weighted by molar-refractivity contribution is 0.611. The minimum atomic E-state index is -0.622. The van der Waals surface area contributed by atoms with Crippen molar-refractivity contribution in [3.8, 4) is 11.3 Å². The van der Waals surface area contributed by atoms with Crippen LogP contribution in [0, 0.1) is 18.6 Å². The Bertz CT molecular complexity index is 489. The van der Waals surface area contributed by atoms with Crippen LogP contribution in [0.4, 0.5) is 14.5 Å². The number of hydrogen-bond acceptors (Lipinski definition) is 2. The zero-order chi connectivity index (χ0) is 11.7. The molecule has 0 aliphatic rings. The zero-order valence-corrected chi connectivity index (χ0v) is 8.67. The molecule has 0 amide bonds. The van der Waals surface area contributed by atoms with Gasteiger partial charge in [-0.15, -0.1) is 0 Å². The highest BCUT2D eigenvalue weighted by atomic mass is 19.1. The number of pyridine rings is 1. The van der Waals surface area contributed by atoms with E-state index >= 15 is 0 Å². The molecule has 0 atom stereocenters. The lowest BCUT2D eigenvalue weighted by atomic mass is 10.1. The van der Waals surface area contributed by atoms with Crippen LogP contribution in [-0.4, -0.2) is 4.98 Å². The van der Waals surface area contributed by atoms with Crippen LogP contribution in [0.1, 0.15) is 5.56 Å². The predicted octanol–water partition coefficient (Wildman–Crippen LogP) is 2.92. The smallest absolute Gasteiger partial charge is 0.151 e. The minimum absolute atomic E-state index is 0.0216. The van der Waals surface area contributed by atoms with E-state index in [2.05, 4.69) is 4.98 Å². The van der Waals surface area contributed by atoms with Gasteiger partial charge in [0, 0.05) is 11.6 Å². The Kier molecular flexibility index (Phi) is 2.56. The summed E-state index contributed by atoms with van der Waals surface area (Å²) in [6.45, 7) is 1.76. The van der Waals surface area contributed by atoms with E-state index in [0.717, 1.165) is 11.6 Å². The number of anilines is 1. The Morgan fingerprint density at radius 2 is 1.88 bits per heavy atom. The number of aromatic nitrogens is 1. The lowest BCUT2D eigenvalue weighted by Crippen LogP contribution is -1.95. The number of benzene rings is 1. The van der Waals surface area contributed by atoms with Crippen LogP contribution in [0.3, 0.4) is 0 Å². The molecule has 1 aromatic heterocycles. The fraction of sp³-hybridized carbons (Fsp3) is 0.0833. The second kappa shape index (κ2) is 3.89. The van der Waals surface area contributed by atoms with Gasteiger partial charge in [0.15, 0.2) is 5.82 Å². The number of halogens is 2. The number of nitrogens with two attached hydrogens (primary N) is 1. The van der Waals surface area contributed by atoms with Crippen molar-refractivity contribution >= 4 is 5.69 Å². The molecule has 0 spiro atoms. The van der Waals surface area contributed by atoms with Crippen molar-refractivity contribution in [3.05, 3.63) is 47.7 Å². The first kappa shape index (κ1) is 10.5. The fourth-order valence-electron chi connectivity index (χ4n) is 1.46. The van der Waals surface area contributed by atoms with Crippen molar-refractivity contribution < 1.29 is 8.78 Å². The van der Waals surface area contributed by atoms with Crippen LogP contribution in [0.2, 0.25) is 0 Å². The van der Waals surface area contributed by atoms with Crippen molar-refractivity contribution in [1.29, 1.82) is 0 Å². The van der Waals surface area contributed by atoms with Gasteiger partial charge in [0.25, 0.3) is 0 Å². The molecule has 82 valence electrons. The van der Waals surface area contributed by atoms with Gasteiger partial charge in [-0.3, -0.25) is 4.98 Å². The van der Waals surface area contributed by atoms with Crippen molar-refractivity contribution in [1.82, 2.24) is 4.98 Å². The highest BCUT2D eigenvalue weighted by Gasteiger charge is 2.11. The number of nitrogens with zero attached hydrogens (tertiary/aromatic N) is 1. The zero-order valence-electron chi connectivity index (χ0n) is 8.67. The molecule has 0 bridgehead atoms. The van der Waals surface area contributed by atoms with Gasteiger partial charge < -0.3 is 5.73 Å². The average Bonchev–Trinajstić information content (AvgIpc) is 2.19. The standard InChI is InChI=1S/C12H10F2N2/c1-7-2-3-9(10(13)4-7)12-11(14)5-8(15)6-16-12/h2-6H,15H2,1H3. The first-order valence-electron chi connectivity index (χ1n) is 4.75. The second-order valence-corrected chi connectivity index (χ2v) is 3.58. The number of hydrogen-bond donors (Lipinski definition) is 1. The van der Waals surface area contributed by atoms with E-state index in [-0.39, 0.29) is 16.9 Å². The summed E-state index contributed by atoms with van der Waals surface area (Å²) in [6.07, 6.45) is 1.30. The molecule has 2 N–H and O–H groups in total. The van der Waals surface area contributed by atoms with Crippen molar-refractivity contribution in [2.75, 3.05) is 5.73 Å². The van der Waals surface area contributed by atoms with Crippen LogP contribution in [0.5, 0.6) is 0 Å². The van der Waals surface area contributed by atoms with E-state index in [9.17, 15) is 8.78 Å². The summed E-state index contributed by atoms with van der Waals surface area (Å²) >= 11 is 0. The second-order valence-electron chi connectivity index (χ2n) is 3.58. The Hall–Kier alpha value is -1.97. The third-order valence-corrected chi connectivity index (χ3v) is 2.24. The van der Waals surface area contributed by atoms with E-state index in [1.165, 1.54) is 18.3 Å². The molecule has 2 aromatic rings. The van der Waals surface area contributed by atoms with Gasteiger partial charge in [-0.05, 0) is 24.6 Å². The van der Waals surface area contributed by atoms with Crippen molar-refractivity contribution in [3.63, 3.8) is 0 Å². The van der Waals surface area contributed by atoms with Gasteiger partial charge in [-0.25, -0.2) is 8.78 Å². The van der Waals surface area contributed by atoms with Crippen LogP contribution in [-0.2, 0) is 0 Å². The SMILES string of the molecule is Cc1ccc(-c2ncc(N)cc2F)c(F)c1. The highest BCUT2D eigenvalue weighted by molar-refractivity contribution is 5.62. The highest BCUT2D eigenvalue weighted by Crippen LogP contribution is 2.25. The first-order valence-corrected chi connectivity index (χ1v) is 4.75. The Morgan fingerprint density at radius 1 is 1.12 bits per heavy atom. The summed E-state index contributed by atoms with van der Waals surface area (Å²) in [5.41, 5.74) is 6.48. The molecular weight excluding hydrogens is 210 g/mol. The Morgan fingerprint density at radius 3 is 2.50 bits per heavy atom. The van der Waals surface area contributed by atoms with Gasteiger partial charge >= 0.3 is 0 Å². The third kappa shape index (κ3) is 1.86. The molecule has 0 radical (unpaired) electrons. The topological polar surface area (TPSA) is 38.9 Å². The van der Waals surface area contributed by atoms with E-state index in [0.29, 0.717) is 0 Å². The molecule has 1 heterocycles. The van der Waals surface area contributed by atoms with Crippen LogP contribution in [0.15, 0.2) is 30.5 Å². The van der Waals surface area contributed by atoms with Gasteiger partial charge in [-0.1, -0.05) is 6.07 Å². The van der Waals surface area contributed by atoms with E-state index < -0.39 is 11.6 Å². The maximum absolute atomic E-state index is 13.6. The molecule has 2 nitrogen and oxygen atoms in total. The molecular formula is C12H10F2N2. The van der Waals surface area contributed by atoms with E-state index in [1.807, 2.05) is 0 Å². The number of rotatable bonds is 1. The predicted molar refractivity (Wildman–Crippen MR) is 58.7 cm³/mol. The van der Waals surface area contributed by atoms with Gasteiger partial charge in [0.2, 0.25) is 0 Å². The quantitative estimate of drug-likeness (QED) is 0.802. The fourth-order valence-corrected chi connectivity index (χ4v) is 1.46. The summed E-state index contributed by atoms with van der Waals surface area (Å²) < 4.78 is 27.1. The minimum Gasteiger partial charge on any atom is -0.397 e.